The summed E-state index contributed by atoms with van der Waals surface area (Å²) in [7, 11) is -4.20. The van der Waals surface area contributed by atoms with E-state index in [0.717, 1.165) is 0 Å². The molecule has 0 bridgehead atoms. The smallest absolute Gasteiger partial charge is 0.205 e. The molecule has 14 heteroatoms. The summed E-state index contributed by atoms with van der Waals surface area (Å²) in [5, 5.41) is 0. The topological polar surface area (TPSA) is 0 Å². The SMILES string of the molecule is C[SiH](C)C(F)(F)C(F)(F)C(F)(F)C(F)(F)C(F)(F)C(F)(F)F. The van der Waals surface area contributed by atoms with Gasteiger partial charge in [0.25, 0.3) is 5.55 Å². The molecular weight excluding hydrogens is 371 g/mol. The monoisotopic (exact) mass is 378 g/mol. The molecule has 0 aliphatic heterocycles. The van der Waals surface area contributed by atoms with Crippen molar-refractivity contribution in [1.29, 1.82) is 0 Å². The number of hydrogen-bond donors (Lipinski definition) is 0. The molecule has 0 nitrogen and oxygen atoms in total. The summed E-state index contributed by atoms with van der Waals surface area (Å²) in [6.45, 7) is 0.591. The second-order valence-corrected chi connectivity index (χ2v) is 7.61. The van der Waals surface area contributed by atoms with Crippen molar-refractivity contribution in [3.63, 3.8) is 0 Å². The Balaban J connectivity index is 6.24. The molecule has 0 saturated heterocycles. The van der Waals surface area contributed by atoms with Gasteiger partial charge in [-0.25, -0.2) is 8.78 Å². The van der Waals surface area contributed by atoms with Crippen LogP contribution in [-0.2, 0) is 0 Å². The first kappa shape index (κ1) is 21.3. The molecule has 0 amide bonds. The van der Waals surface area contributed by atoms with Crippen LogP contribution in [-0.4, -0.2) is 44.2 Å². The summed E-state index contributed by atoms with van der Waals surface area (Å²) in [6, 6.07) is 0. The van der Waals surface area contributed by atoms with Crippen molar-refractivity contribution in [1.82, 2.24) is 0 Å². The fraction of sp³-hybridized carbons (Fsp3) is 1.00. The van der Waals surface area contributed by atoms with Gasteiger partial charge in [-0.2, -0.15) is 48.3 Å². The molecule has 0 rings (SSSR count). The van der Waals surface area contributed by atoms with Gasteiger partial charge in [0.1, 0.15) is 8.80 Å². The van der Waals surface area contributed by atoms with E-state index < -0.39 is 44.2 Å². The quantitative estimate of drug-likeness (QED) is 0.479. The average Bonchev–Trinajstić information content (AvgIpc) is 2.25. The third-order valence-electron chi connectivity index (χ3n) is 2.68. The van der Waals surface area contributed by atoms with E-state index in [-0.39, 0.29) is 0 Å². The molecule has 0 unspecified atom stereocenters. The molecule has 0 saturated carbocycles. The highest BCUT2D eigenvalue weighted by Crippen LogP contribution is 2.60. The minimum atomic E-state index is -7.80. The zero-order chi connectivity index (χ0) is 18.6. The normalized spacial score (nSPS) is 16.4. The predicted octanol–water partition coefficient (Wildman–Crippen LogP) is 4.75. The molecule has 0 fully saturated rings. The van der Waals surface area contributed by atoms with Crippen LogP contribution >= 0.6 is 0 Å². The van der Waals surface area contributed by atoms with Gasteiger partial charge in [0.15, 0.2) is 0 Å². The van der Waals surface area contributed by atoms with E-state index in [2.05, 4.69) is 0 Å². The van der Waals surface area contributed by atoms with Gasteiger partial charge in [-0.15, -0.1) is 0 Å². The van der Waals surface area contributed by atoms with Gasteiger partial charge in [0, 0.05) is 0 Å². The molecule has 22 heavy (non-hydrogen) atoms. The van der Waals surface area contributed by atoms with E-state index in [4.69, 9.17) is 0 Å². The van der Waals surface area contributed by atoms with Gasteiger partial charge in [0.05, 0.1) is 0 Å². The largest absolute Gasteiger partial charge is 0.460 e. The molecule has 0 aromatic carbocycles. The molecule has 0 atom stereocenters. The van der Waals surface area contributed by atoms with Gasteiger partial charge in [0.2, 0.25) is 0 Å². The second kappa shape index (κ2) is 5.16. The summed E-state index contributed by atoms with van der Waals surface area (Å²) in [5.74, 6) is -30.2. The molecule has 0 aromatic heterocycles. The summed E-state index contributed by atoms with van der Waals surface area (Å²) in [4.78, 5) is 0. The Morgan fingerprint density at radius 1 is 0.455 bits per heavy atom. The molecule has 0 N–H and O–H groups in total. The van der Waals surface area contributed by atoms with Gasteiger partial charge in [-0.3, -0.25) is 0 Å². The van der Waals surface area contributed by atoms with Crippen molar-refractivity contribution in [2.45, 2.75) is 48.5 Å². The lowest BCUT2D eigenvalue weighted by Crippen LogP contribution is -2.71. The third kappa shape index (κ3) is 2.56. The Bertz CT molecular complexity index is 407. The highest BCUT2D eigenvalue weighted by molar-refractivity contribution is 6.58. The van der Waals surface area contributed by atoms with Crippen molar-refractivity contribution in [3.05, 3.63) is 0 Å². The number of hydrogen-bond acceptors (Lipinski definition) is 0. The van der Waals surface area contributed by atoms with Crippen LogP contribution in [0.5, 0.6) is 0 Å². The first-order chi connectivity index (χ1) is 9.19. The van der Waals surface area contributed by atoms with Gasteiger partial charge >= 0.3 is 29.9 Å². The van der Waals surface area contributed by atoms with E-state index >= 15 is 0 Å². The maximum atomic E-state index is 13.0. The highest BCUT2D eigenvalue weighted by atomic mass is 28.3. The van der Waals surface area contributed by atoms with E-state index in [1.54, 1.807) is 0 Å². The van der Waals surface area contributed by atoms with E-state index in [9.17, 15) is 57.1 Å². The van der Waals surface area contributed by atoms with Crippen LogP contribution in [0.2, 0.25) is 13.1 Å². The molecule has 0 aliphatic rings. The molecular formula is C8H7F13Si. The third-order valence-corrected chi connectivity index (χ3v) is 4.50. The van der Waals surface area contributed by atoms with Gasteiger partial charge in [-0.1, -0.05) is 13.1 Å². The standard InChI is InChI=1S/C8H7F13Si/c1-22(2)8(20,21)6(15,16)4(11,12)3(9,10)5(13,14)7(17,18)19/h22H,1-2H3. The summed E-state index contributed by atoms with van der Waals surface area (Å²) >= 11 is 0. The zero-order valence-corrected chi connectivity index (χ0v) is 11.6. The van der Waals surface area contributed by atoms with Crippen molar-refractivity contribution < 1.29 is 57.1 Å². The summed E-state index contributed by atoms with van der Waals surface area (Å²) in [6.07, 6.45) is -7.36. The van der Waals surface area contributed by atoms with Crippen LogP contribution < -0.4 is 0 Å². The summed E-state index contributed by atoms with van der Waals surface area (Å²) in [5.41, 5.74) is -5.85. The van der Waals surface area contributed by atoms with E-state index in [1.807, 2.05) is 0 Å². The Kier molecular flexibility index (Phi) is 5.00. The van der Waals surface area contributed by atoms with Crippen molar-refractivity contribution in [2.75, 3.05) is 0 Å². The minimum Gasteiger partial charge on any atom is -0.205 e. The fourth-order valence-electron chi connectivity index (χ4n) is 1.14. The zero-order valence-electron chi connectivity index (χ0n) is 10.5. The minimum absolute atomic E-state index is 0.296. The Morgan fingerprint density at radius 3 is 0.955 bits per heavy atom. The molecule has 0 spiro atoms. The summed E-state index contributed by atoms with van der Waals surface area (Å²) < 4.78 is 163. The lowest BCUT2D eigenvalue weighted by molar-refractivity contribution is -0.434. The predicted molar refractivity (Wildman–Crippen MR) is 49.7 cm³/mol. The van der Waals surface area contributed by atoms with Crippen LogP contribution in [0.4, 0.5) is 57.1 Å². The second-order valence-electron chi connectivity index (χ2n) is 4.57. The van der Waals surface area contributed by atoms with Gasteiger partial charge in [-0.05, 0) is 0 Å². The van der Waals surface area contributed by atoms with Crippen molar-refractivity contribution in [3.8, 4) is 0 Å². The average molecular weight is 378 g/mol. The first-order valence-electron chi connectivity index (χ1n) is 5.15. The van der Waals surface area contributed by atoms with Crippen LogP contribution in [0.25, 0.3) is 0 Å². The van der Waals surface area contributed by atoms with Crippen LogP contribution in [0.3, 0.4) is 0 Å². The number of alkyl halides is 13. The number of halogens is 13. The Hall–Kier alpha value is -0.693. The molecule has 134 valence electrons. The van der Waals surface area contributed by atoms with Crippen molar-refractivity contribution >= 4 is 8.80 Å². The highest BCUT2D eigenvalue weighted by Gasteiger charge is 2.90. The first-order valence-corrected chi connectivity index (χ1v) is 8.04. The van der Waals surface area contributed by atoms with Crippen LogP contribution in [0.15, 0.2) is 0 Å². The lowest BCUT2D eigenvalue weighted by atomic mass is 9.98. The van der Waals surface area contributed by atoms with Crippen LogP contribution in [0, 0.1) is 0 Å². The van der Waals surface area contributed by atoms with E-state index in [1.165, 1.54) is 0 Å². The number of rotatable bonds is 5. The molecule has 0 heterocycles. The maximum absolute atomic E-state index is 13.0. The van der Waals surface area contributed by atoms with Crippen molar-refractivity contribution in [2.24, 2.45) is 0 Å². The maximum Gasteiger partial charge on any atom is 0.460 e. The Labute approximate surface area is 115 Å². The fourth-order valence-corrected chi connectivity index (χ4v) is 2.05. The lowest BCUT2D eigenvalue weighted by Gasteiger charge is -2.40. The Morgan fingerprint density at radius 2 is 0.727 bits per heavy atom. The molecule has 0 aliphatic carbocycles. The molecule has 0 aromatic rings. The van der Waals surface area contributed by atoms with Gasteiger partial charge < -0.3 is 0 Å². The molecule has 0 radical (unpaired) electrons. The van der Waals surface area contributed by atoms with Crippen LogP contribution in [0.1, 0.15) is 0 Å². The van der Waals surface area contributed by atoms with E-state index in [0.29, 0.717) is 13.1 Å².